The molecule has 2 aromatic heterocycles. The molecule has 2 aromatic rings. The minimum absolute atomic E-state index is 0.103. The number of hydrogen-bond donors (Lipinski definition) is 1. The lowest BCUT2D eigenvalue weighted by atomic mass is 10.3. The molecular weight excluding hydrogens is 302 g/mol. The standard InChI is InChI=1S/C12H10ClN3O3S/c1-6-8(11(18)19-2)20-12(15-6)16-10(17)7-4-3-5-14-9(7)13/h3-5H,1-2H3,(H,15,16,17). The van der Waals surface area contributed by atoms with E-state index < -0.39 is 11.9 Å². The summed E-state index contributed by atoms with van der Waals surface area (Å²) in [6, 6.07) is 3.15. The molecule has 2 heterocycles. The Kier molecular flexibility index (Phi) is 4.31. The van der Waals surface area contributed by atoms with Crippen molar-refractivity contribution >= 4 is 39.9 Å². The molecule has 0 bridgehead atoms. The Morgan fingerprint density at radius 2 is 2.20 bits per heavy atom. The molecule has 2 rings (SSSR count). The van der Waals surface area contributed by atoms with Crippen molar-refractivity contribution in [3.63, 3.8) is 0 Å². The number of aryl methyl sites for hydroxylation is 1. The summed E-state index contributed by atoms with van der Waals surface area (Å²) in [5.41, 5.74) is 0.732. The Bertz CT molecular complexity index is 672. The molecule has 0 unspecified atom stereocenters. The second-order valence-corrected chi connectivity index (χ2v) is 5.08. The molecule has 6 nitrogen and oxygen atoms in total. The third-order valence-electron chi connectivity index (χ3n) is 2.39. The predicted octanol–water partition coefficient (Wildman–Crippen LogP) is 2.54. The van der Waals surface area contributed by atoms with Gasteiger partial charge >= 0.3 is 5.97 Å². The summed E-state index contributed by atoms with van der Waals surface area (Å²) in [6.45, 7) is 1.66. The van der Waals surface area contributed by atoms with Crippen LogP contribution in [0.5, 0.6) is 0 Å². The van der Waals surface area contributed by atoms with Crippen LogP contribution in [0.4, 0.5) is 5.13 Å². The number of nitrogens with zero attached hydrogens (tertiary/aromatic N) is 2. The molecule has 8 heteroatoms. The van der Waals surface area contributed by atoms with E-state index in [0.29, 0.717) is 15.7 Å². The molecular formula is C12H10ClN3O3S. The van der Waals surface area contributed by atoms with Crippen molar-refractivity contribution in [3.05, 3.63) is 39.6 Å². The van der Waals surface area contributed by atoms with Gasteiger partial charge in [0.05, 0.1) is 18.4 Å². The van der Waals surface area contributed by atoms with Crippen molar-refractivity contribution in [2.45, 2.75) is 6.92 Å². The van der Waals surface area contributed by atoms with Crippen molar-refractivity contribution in [2.24, 2.45) is 0 Å². The zero-order valence-corrected chi connectivity index (χ0v) is 12.2. The van der Waals surface area contributed by atoms with E-state index in [2.05, 4.69) is 20.0 Å². The van der Waals surface area contributed by atoms with Gasteiger partial charge in [0.2, 0.25) is 0 Å². The summed E-state index contributed by atoms with van der Waals surface area (Å²) in [4.78, 5) is 31.7. The van der Waals surface area contributed by atoms with Crippen LogP contribution in [0.2, 0.25) is 5.15 Å². The molecule has 0 atom stereocenters. The number of esters is 1. The van der Waals surface area contributed by atoms with Crippen LogP contribution in [0.1, 0.15) is 25.7 Å². The molecule has 1 amide bonds. The number of thiazole rings is 1. The van der Waals surface area contributed by atoms with Crippen LogP contribution in [0.25, 0.3) is 0 Å². The molecule has 0 radical (unpaired) electrons. The van der Waals surface area contributed by atoms with Crippen LogP contribution in [-0.4, -0.2) is 29.0 Å². The second kappa shape index (κ2) is 5.98. The first-order valence-corrected chi connectivity index (χ1v) is 6.70. The number of rotatable bonds is 3. The number of carbonyl (C=O) groups is 2. The van der Waals surface area contributed by atoms with Gasteiger partial charge in [-0.15, -0.1) is 0 Å². The Balaban J connectivity index is 2.21. The number of hydrogen-bond acceptors (Lipinski definition) is 6. The highest BCUT2D eigenvalue weighted by atomic mass is 35.5. The van der Waals surface area contributed by atoms with Crippen LogP contribution in [0.15, 0.2) is 18.3 Å². The molecule has 0 aliphatic heterocycles. The summed E-state index contributed by atoms with van der Waals surface area (Å²) in [7, 11) is 1.29. The third-order valence-corrected chi connectivity index (χ3v) is 3.75. The number of nitrogens with one attached hydrogen (secondary N) is 1. The first kappa shape index (κ1) is 14.4. The van der Waals surface area contributed by atoms with Gasteiger partial charge in [0.15, 0.2) is 5.13 Å². The smallest absolute Gasteiger partial charge is 0.350 e. The number of pyridine rings is 1. The lowest BCUT2D eigenvalue weighted by molar-refractivity contribution is 0.0605. The first-order valence-electron chi connectivity index (χ1n) is 5.50. The maximum Gasteiger partial charge on any atom is 0.350 e. The number of carbonyl (C=O) groups excluding carboxylic acids is 2. The van der Waals surface area contributed by atoms with Gasteiger partial charge in [-0.2, -0.15) is 0 Å². The van der Waals surface area contributed by atoms with Crippen molar-refractivity contribution in [2.75, 3.05) is 12.4 Å². The number of aromatic nitrogens is 2. The number of amides is 1. The van der Waals surface area contributed by atoms with Crippen molar-refractivity contribution in [1.29, 1.82) is 0 Å². The minimum atomic E-state index is -0.486. The van der Waals surface area contributed by atoms with E-state index in [1.54, 1.807) is 19.1 Å². The fourth-order valence-electron chi connectivity index (χ4n) is 1.45. The Morgan fingerprint density at radius 3 is 2.85 bits per heavy atom. The largest absolute Gasteiger partial charge is 0.465 e. The van der Waals surface area contributed by atoms with Crippen LogP contribution < -0.4 is 5.32 Å². The number of ether oxygens (including phenoxy) is 1. The molecule has 0 saturated carbocycles. The predicted molar refractivity (Wildman–Crippen MR) is 75.4 cm³/mol. The molecule has 0 saturated heterocycles. The van der Waals surface area contributed by atoms with Crippen LogP contribution in [-0.2, 0) is 4.74 Å². The van der Waals surface area contributed by atoms with E-state index in [4.69, 9.17) is 11.6 Å². The molecule has 20 heavy (non-hydrogen) atoms. The summed E-state index contributed by atoms with van der Waals surface area (Å²) < 4.78 is 4.63. The van der Waals surface area contributed by atoms with Crippen LogP contribution >= 0.6 is 22.9 Å². The monoisotopic (exact) mass is 311 g/mol. The second-order valence-electron chi connectivity index (χ2n) is 3.72. The van der Waals surface area contributed by atoms with E-state index in [1.807, 2.05) is 0 Å². The van der Waals surface area contributed by atoms with Gasteiger partial charge in [0.1, 0.15) is 10.0 Å². The maximum absolute atomic E-state index is 12.0. The Morgan fingerprint density at radius 1 is 1.45 bits per heavy atom. The van der Waals surface area contributed by atoms with Gasteiger partial charge in [-0.1, -0.05) is 22.9 Å². The molecule has 0 fully saturated rings. The summed E-state index contributed by atoms with van der Waals surface area (Å²) in [5, 5.41) is 2.98. The molecule has 0 aromatic carbocycles. The van der Waals surface area contributed by atoms with Crippen LogP contribution in [0.3, 0.4) is 0 Å². The average molecular weight is 312 g/mol. The highest BCUT2D eigenvalue weighted by Crippen LogP contribution is 2.24. The zero-order chi connectivity index (χ0) is 14.7. The lowest BCUT2D eigenvalue weighted by Crippen LogP contribution is -2.12. The molecule has 0 spiro atoms. The van der Waals surface area contributed by atoms with Gasteiger partial charge < -0.3 is 4.74 Å². The Hall–Kier alpha value is -1.99. The first-order chi connectivity index (χ1) is 9.52. The van der Waals surface area contributed by atoms with Crippen molar-refractivity contribution in [3.8, 4) is 0 Å². The van der Waals surface area contributed by atoms with E-state index in [1.165, 1.54) is 13.3 Å². The fourth-order valence-corrected chi connectivity index (χ4v) is 2.54. The SMILES string of the molecule is COC(=O)c1sc(NC(=O)c2cccnc2Cl)nc1C. The molecule has 0 aliphatic rings. The third kappa shape index (κ3) is 2.94. The van der Waals surface area contributed by atoms with Gasteiger partial charge in [-0.05, 0) is 19.1 Å². The van der Waals surface area contributed by atoms with Crippen molar-refractivity contribution in [1.82, 2.24) is 9.97 Å². The fraction of sp³-hybridized carbons (Fsp3) is 0.167. The molecule has 1 N–H and O–H groups in total. The quantitative estimate of drug-likeness (QED) is 0.696. The topological polar surface area (TPSA) is 81.2 Å². The van der Waals surface area contributed by atoms with E-state index in [9.17, 15) is 9.59 Å². The number of halogens is 1. The minimum Gasteiger partial charge on any atom is -0.465 e. The summed E-state index contributed by atoms with van der Waals surface area (Å²) >= 11 is 6.87. The molecule has 104 valence electrons. The zero-order valence-electron chi connectivity index (χ0n) is 10.6. The maximum atomic E-state index is 12.0. The summed E-state index contributed by atoms with van der Waals surface area (Å²) in [5.74, 6) is -0.923. The summed E-state index contributed by atoms with van der Waals surface area (Å²) in [6.07, 6.45) is 1.49. The number of methoxy groups -OCH3 is 1. The van der Waals surface area contributed by atoms with Gasteiger partial charge in [0.25, 0.3) is 5.91 Å². The average Bonchev–Trinajstić information content (AvgIpc) is 2.79. The van der Waals surface area contributed by atoms with Crippen LogP contribution in [0, 0.1) is 6.92 Å². The van der Waals surface area contributed by atoms with E-state index >= 15 is 0 Å². The van der Waals surface area contributed by atoms with E-state index in [-0.39, 0.29) is 10.7 Å². The normalized spacial score (nSPS) is 10.2. The Labute approximate surface area is 123 Å². The molecule has 0 aliphatic carbocycles. The van der Waals surface area contributed by atoms with Crippen molar-refractivity contribution < 1.29 is 14.3 Å². The highest BCUT2D eigenvalue weighted by molar-refractivity contribution is 7.17. The lowest BCUT2D eigenvalue weighted by Gasteiger charge is -2.02. The van der Waals surface area contributed by atoms with Gasteiger partial charge in [0, 0.05) is 6.20 Å². The van der Waals surface area contributed by atoms with Gasteiger partial charge in [-0.3, -0.25) is 10.1 Å². The van der Waals surface area contributed by atoms with Gasteiger partial charge in [-0.25, -0.2) is 14.8 Å². The number of anilines is 1. The highest BCUT2D eigenvalue weighted by Gasteiger charge is 2.18. The van der Waals surface area contributed by atoms with E-state index in [0.717, 1.165) is 11.3 Å².